The van der Waals surface area contributed by atoms with Crippen LogP contribution in [0.15, 0.2) is 24.3 Å². The van der Waals surface area contributed by atoms with Gasteiger partial charge in [0.2, 0.25) is 4.33 Å². The molecule has 1 aliphatic rings. The third kappa shape index (κ3) is 1.70. The van der Waals surface area contributed by atoms with Crippen LogP contribution >= 0.6 is 23.2 Å². The second kappa shape index (κ2) is 4.27. The van der Waals surface area contributed by atoms with Gasteiger partial charge in [0.25, 0.3) is 5.91 Å². The summed E-state index contributed by atoms with van der Waals surface area (Å²) in [4.78, 5) is 13.7. The monoisotopic (exact) mass is 257 g/mol. The van der Waals surface area contributed by atoms with Crippen LogP contribution in [0.1, 0.15) is 25.3 Å². The highest BCUT2D eigenvalue weighted by molar-refractivity contribution is 6.60. The average Bonchev–Trinajstić information content (AvgIpc) is 2.47. The Morgan fingerprint density at radius 3 is 2.69 bits per heavy atom. The summed E-state index contributed by atoms with van der Waals surface area (Å²) in [5, 5.41) is 0. The summed E-state index contributed by atoms with van der Waals surface area (Å²) in [6.45, 7) is 2.76. The van der Waals surface area contributed by atoms with Crippen molar-refractivity contribution in [2.24, 2.45) is 0 Å². The van der Waals surface area contributed by atoms with Crippen molar-refractivity contribution in [1.29, 1.82) is 0 Å². The molecule has 0 N–H and O–H groups in total. The molecule has 0 saturated carbocycles. The number of rotatable bonds is 3. The topological polar surface area (TPSA) is 20.3 Å². The van der Waals surface area contributed by atoms with E-state index in [1.807, 2.05) is 18.2 Å². The zero-order valence-electron chi connectivity index (χ0n) is 9.04. The summed E-state index contributed by atoms with van der Waals surface area (Å²) in [5.41, 5.74) is 1.53. The first-order valence-corrected chi connectivity index (χ1v) is 6.14. The number of para-hydroxylation sites is 1. The molecular weight excluding hydrogens is 245 g/mol. The predicted molar refractivity (Wildman–Crippen MR) is 67.1 cm³/mol. The number of hydrogen-bond donors (Lipinski definition) is 0. The van der Waals surface area contributed by atoms with E-state index in [0.29, 0.717) is 12.1 Å². The first-order chi connectivity index (χ1) is 7.59. The molecule has 1 aromatic carbocycles. The van der Waals surface area contributed by atoms with E-state index in [1.54, 1.807) is 11.0 Å². The molecule has 4 heteroatoms. The van der Waals surface area contributed by atoms with Crippen molar-refractivity contribution in [3.8, 4) is 0 Å². The number of anilines is 1. The first-order valence-electron chi connectivity index (χ1n) is 5.38. The van der Waals surface area contributed by atoms with Gasteiger partial charge in [0, 0.05) is 12.1 Å². The third-order valence-electron chi connectivity index (χ3n) is 2.78. The lowest BCUT2D eigenvalue weighted by Gasteiger charge is -2.17. The van der Waals surface area contributed by atoms with Crippen LogP contribution in [-0.2, 0) is 9.13 Å². The molecule has 1 aliphatic heterocycles. The number of carbonyl (C=O) groups excluding carboxylic acids is 1. The number of unbranched alkanes of at least 4 members (excludes halogenated alkanes) is 1. The Morgan fingerprint density at radius 1 is 1.31 bits per heavy atom. The Kier molecular flexibility index (Phi) is 3.13. The number of benzene rings is 1. The second-order valence-electron chi connectivity index (χ2n) is 3.90. The van der Waals surface area contributed by atoms with Gasteiger partial charge in [0.05, 0.1) is 5.69 Å². The van der Waals surface area contributed by atoms with E-state index in [4.69, 9.17) is 23.2 Å². The second-order valence-corrected chi connectivity index (χ2v) is 5.23. The van der Waals surface area contributed by atoms with E-state index >= 15 is 0 Å². The normalized spacial score (nSPS) is 17.7. The number of nitrogens with zero attached hydrogens (tertiary/aromatic N) is 1. The quantitative estimate of drug-likeness (QED) is 0.760. The molecule has 86 valence electrons. The van der Waals surface area contributed by atoms with E-state index < -0.39 is 4.33 Å². The van der Waals surface area contributed by atoms with Crippen molar-refractivity contribution < 1.29 is 4.79 Å². The van der Waals surface area contributed by atoms with E-state index in [-0.39, 0.29) is 5.91 Å². The van der Waals surface area contributed by atoms with Crippen LogP contribution in [0.3, 0.4) is 0 Å². The van der Waals surface area contributed by atoms with Crippen LogP contribution in [0.2, 0.25) is 0 Å². The summed E-state index contributed by atoms with van der Waals surface area (Å²) in [6, 6.07) is 7.42. The maximum atomic E-state index is 12.1. The van der Waals surface area contributed by atoms with Crippen molar-refractivity contribution in [2.45, 2.75) is 24.1 Å². The third-order valence-corrected chi connectivity index (χ3v) is 3.51. The Hall–Kier alpha value is -0.730. The average molecular weight is 258 g/mol. The molecule has 0 spiro atoms. The van der Waals surface area contributed by atoms with Crippen LogP contribution in [0.5, 0.6) is 0 Å². The van der Waals surface area contributed by atoms with Crippen molar-refractivity contribution in [3.63, 3.8) is 0 Å². The first kappa shape index (κ1) is 11.7. The summed E-state index contributed by atoms with van der Waals surface area (Å²) in [5.74, 6) is -0.231. The Labute approximate surface area is 105 Å². The van der Waals surface area contributed by atoms with Crippen LogP contribution in [0.25, 0.3) is 0 Å². The number of amides is 1. The van der Waals surface area contributed by atoms with Crippen LogP contribution in [-0.4, -0.2) is 12.5 Å². The SMILES string of the molecule is CCCCN1C(=O)C(Cl)(Cl)c2ccccc21. The van der Waals surface area contributed by atoms with Gasteiger partial charge in [-0.15, -0.1) is 0 Å². The summed E-state index contributed by atoms with van der Waals surface area (Å²) in [6.07, 6.45) is 1.98. The fourth-order valence-electron chi connectivity index (χ4n) is 1.91. The Morgan fingerprint density at radius 2 is 2.00 bits per heavy atom. The molecule has 16 heavy (non-hydrogen) atoms. The summed E-state index contributed by atoms with van der Waals surface area (Å²) in [7, 11) is 0. The molecule has 2 rings (SSSR count). The highest BCUT2D eigenvalue weighted by atomic mass is 35.5. The molecule has 2 nitrogen and oxygen atoms in total. The standard InChI is InChI=1S/C12H13Cl2NO/c1-2-3-8-15-10-7-5-4-6-9(10)12(13,14)11(15)16/h4-7H,2-3,8H2,1H3. The molecule has 1 amide bonds. The van der Waals surface area contributed by atoms with Gasteiger partial charge >= 0.3 is 0 Å². The molecule has 0 fully saturated rings. The van der Waals surface area contributed by atoms with Crippen molar-refractivity contribution >= 4 is 34.8 Å². The van der Waals surface area contributed by atoms with Gasteiger partial charge in [-0.25, -0.2) is 0 Å². The summed E-state index contributed by atoms with van der Waals surface area (Å²) < 4.78 is -1.41. The predicted octanol–water partition coefficient (Wildman–Crippen LogP) is 3.46. The van der Waals surface area contributed by atoms with Gasteiger partial charge < -0.3 is 4.90 Å². The van der Waals surface area contributed by atoms with Gasteiger partial charge in [-0.2, -0.15) is 0 Å². The van der Waals surface area contributed by atoms with Crippen LogP contribution in [0, 0.1) is 0 Å². The number of hydrogen-bond acceptors (Lipinski definition) is 1. The Bertz CT molecular complexity index is 417. The molecular formula is C12H13Cl2NO. The smallest absolute Gasteiger partial charge is 0.268 e. The molecule has 1 aromatic rings. The minimum Gasteiger partial charge on any atom is -0.309 e. The zero-order valence-corrected chi connectivity index (χ0v) is 10.6. The highest BCUT2D eigenvalue weighted by Crippen LogP contribution is 2.47. The van der Waals surface area contributed by atoms with Gasteiger partial charge in [0.1, 0.15) is 0 Å². The van der Waals surface area contributed by atoms with Crippen LogP contribution in [0.4, 0.5) is 5.69 Å². The number of fused-ring (bicyclic) bond motifs is 1. The molecule has 0 unspecified atom stereocenters. The van der Waals surface area contributed by atoms with E-state index in [0.717, 1.165) is 18.5 Å². The lowest BCUT2D eigenvalue weighted by atomic mass is 10.1. The van der Waals surface area contributed by atoms with Crippen molar-refractivity contribution in [2.75, 3.05) is 11.4 Å². The molecule has 0 saturated heterocycles. The minimum atomic E-state index is -1.41. The van der Waals surface area contributed by atoms with Gasteiger partial charge in [-0.3, -0.25) is 4.79 Å². The lowest BCUT2D eigenvalue weighted by molar-refractivity contribution is -0.118. The molecule has 1 heterocycles. The van der Waals surface area contributed by atoms with E-state index in [1.165, 1.54) is 0 Å². The fourth-order valence-corrected chi connectivity index (χ4v) is 2.43. The van der Waals surface area contributed by atoms with Crippen molar-refractivity contribution in [1.82, 2.24) is 0 Å². The number of alkyl halides is 2. The molecule has 0 aromatic heterocycles. The number of halogens is 2. The van der Waals surface area contributed by atoms with Crippen molar-refractivity contribution in [3.05, 3.63) is 29.8 Å². The highest BCUT2D eigenvalue weighted by Gasteiger charge is 2.47. The Balaban J connectivity index is 2.39. The maximum Gasteiger partial charge on any atom is 0.268 e. The largest absolute Gasteiger partial charge is 0.309 e. The maximum absolute atomic E-state index is 12.1. The van der Waals surface area contributed by atoms with E-state index in [2.05, 4.69) is 6.92 Å². The summed E-state index contributed by atoms with van der Waals surface area (Å²) >= 11 is 12.2. The van der Waals surface area contributed by atoms with Gasteiger partial charge in [-0.1, -0.05) is 54.7 Å². The molecule has 0 aliphatic carbocycles. The minimum absolute atomic E-state index is 0.231. The molecule has 0 radical (unpaired) electrons. The molecule has 0 atom stereocenters. The van der Waals surface area contributed by atoms with E-state index in [9.17, 15) is 4.79 Å². The fraction of sp³-hybridized carbons (Fsp3) is 0.417. The lowest BCUT2D eigenvalue weighted by Crippen LogP contribution is -2.34. The van der Waals surface area contributed by atoms with Gasteiger partial charge in [-0.05, 0) is 12.5 Å². The van der Waals surface area contributed by atoms with Gasteiger partial charge in [0.15, 0.2) is 0 Å². The number of carbonyl (C=O) groups is 1. The zero-order chi connectivity index (χ0) is 11.8. The molecule has 0 bridgehead atoms. The van der Waals surface area contributed by atoms with Crippen LogP contribution < -0.4 is 4.90 Å².